The lowest BCUT2D eigenvalue weighted by molar-refractivity contribution is 0.435. The van der Waals surface area contributed by atoms with Gasteiger partial charge in [-0.2, -0.15) is 0 Å². The van der Waals surface area contributed by atoms with Gasteiger partial charge in [0.15, 0.2) is 11.6 Å². The maximum Gasteiger partial charge on any atom is 0.165 e. The van der Waals surface area contributed by atoms with Gasteiger partial charge in [0, 0.05) is 29.0 Å². The number of halogens is 2. The summed E-state index contributed by atoms with van der Waals surface area (Å²) in [5.74, 6) is 0.384. The van der Waals surface area contributed by atoms with Gasteiger partial charge >= 0.3 is 0 Å². The fraction of sp³-hybridized carbons (Fsp3) is 0.154. The van der Waals surface area contributed by atoms with E-state index >= 15 is 0 Å². The third-order valence-corrected chi connectivity index (χ3v) is 2.83. The van der Waals surface area contributed by atoms with E-state index in [4.69, 9.17) is 4.74 Å². The molecule has 5 heteroatoms. The number of nitrogens with zero attached hydrogens (tertiary/aromatic N) is 1. The van der Waals surface area contributed by atoms with Gasteiger partial charge in [-0.05, 0) is 31.3 Å². The lowest BCUT2D eigenvalue weighted by Crippen LogP contribution is -2.06. The second kappa shape index (κ2) is 5.93. The molecule has 0 bridgehead atoms. The molecule has 0 saturated carbocycles. The van der Waals surface area contributed by atoms with Crippen molar-refractivity contribution in [1.82, 2.24) is 10.3 Å². The Morgan fingerprint density at radius 1 is 1.33 bits per heavy atom. The number of ether oxygens (including phenoxy) is 1. The number of hydrogen-bond donors (Lipinski definition) is 1. The zero-order chi connectivity index (χ0) is 13.0. The zero-order valence-corrected chi connectivity index (χ0v) is 11.4. The molecule has 0 radical (unpaired) electrons. The summed E-state index contributed by atoms with van der Waals surface area (Å²) in [6.45, 7) is 0.610. The van der Waals surface area contributed by atoms with E-state index in [0.717, 1.165) is 10.0 Å². The summed E-state index contributed by atoms with van der Waals surface area (Å²) >= 11 is 3.29. The fourth-order valence-electron chi connectivity index (χ4n) is 1.51. The second-order valence-corrected chi connectivity index (χ2v) is 4.61. The Labute approximate surface area is 113 Å². The van der Waals surface area contributed by atoms with Crippen LogP contribution in [0.3, 0.4) is 0 Å². The quantitative estimate of drug-likeness (QED) is 0.938. The topological polar surface area (TPSA) is 34.2 Å². The van der Waals surface area contributed by atoms with Gasteiger partial charge in [-0.15, -0.1) is 0 Å². The maximum atomic E-state index is 13.6. The van der Waals surface area contributed by atoms with Crippen LogP contribution in [-0.2, 0) is 6.54 Å². The summed E-state index contributed by atoms with van der Waals surface area (Å²) in [5.41, 5.74) is 0.874. The first-order valence-electron chi connectivity index (χ1n) is 5.41. The molecule has 0 aliphatic heterocycles. The molecular weight excluding hydrogens is 299 g/mol. The van der Waals surface area contributed by atoms with E-state index in [9.17, 15) is 4.39 Å². The van der Waals surface area contributed by atoms with Gasteiger partial charge < -0.3 is 10.1 Å². The maximum absolute atomic E-state index is 13.6. The van der Waals surface area contributed by atoms with Crippen molar-refractivity contribution in [2.75, 3.05) is 7.05 Å². The molecule has 2 rings (SSSR count). The first kappa shape index (κ1) is 13.0. The molecule has 0 amide bonds. The predicted octanol–water partition coefficient (Wildman–Crippen LogP) is 3.49. The van der Waals surface area contributed by atoms with Crippen LogP contribution in [0.5, 0.6) is 11.5 Å². The molecule has 18 heavy (non-hydrogen) atoms. The van der Waals surface area contributed by atoms with Crippen molar-refractivity contribution in [2.24, 2.45) is 0 Å². The van der Waals surface area contributed by atoms with Crippen molar-refractivity contribution in [3.05, 3.63) is 52.5 Å². The molecule has 1 heterocycles. The Bertz CT molecular complexity index is 548. The van der Waals surface area contributed by atoms with E-state index in [1.165, 1.54) is 6.07 Å². The second-order valence-electron chi connectivity index (χ2n) is 3.69. The van der Waals surface area contributed by atoms with Crippen LogP contribution in [0.2, 0.25) is 0 Å². The number of benzene rings is 1. The van der Waals surface area contributed by atoms with Crippen LogP contribution in [0.15, 0.2) is 41.1 Å². The van der Waals surface area contributed by atoms with Gasteiger partial charge in [0.25, 0.3) is 0 Å². The van der Waals surface area contributed by atoms with E-state index in [1.54, 1.807) is 30.6 Å². The lowest BCUT2D eigenvalue weighted by Gasteiger charge is -2.11. The van der Waals surface area contributed by atoms with E-state index in [1.807, 2.05) is 7.05 Å². The Hall–Kier alpha value is -1.46. The molecule has 1 aromatic heterocycles. The SMILES string of the molecule is CNCc1cnccc1Oc1cc(Br)ccc1F. The minimum atomic E-state index is -0.398. The standard InChI is InChI=1S/C13H12BrFN2O/c1-16-7-9-8-17-5-4-12(9)18-13-6-10(14)2-3-11(13)15/h2-6,8,16H,7H2,1H3. The first-order valence-corrected chi connectivity index (χ1v) is 6.20. The van der Waals surface area contributed by atoms with E-state index in [-0.39, 0.29) is 5.75 Å². The molecule has 2 aromatic rings. The van der Waals surface area contributed by atoms with Gasteiger partial charge in [0.05, 0.1) is 0 Å². The van der Waals surface area contributed by atoms with Crippen LogP contribution in [-0.4, -0.2) is 12.0 Å². The minimum absolute atomic E-state index is 0.188. The zero-order valence-electron chi connectivity index (χ0n) is 9.78. The summed E-state index contributed by atoms with van der Waals surface area (Å²) in [6, 6.07) is 6.30. The molecule has 1 aromatic carbocycles. The molecule has 94 valence electrons. The molecule has 0 unspecified atom stereocenters. The molecule has 0 saturated heterocycles. The average molecular weight is 311 g/mol. The van der Waals surface area contributed by atoms with Gasteiger partial charge in [0.1, 0.15) is 5.75 Å². The van der Waals surface area contributed by atoms with Gasteiger partial charge in [-0.3, -0.25) is 4.98 Å². The van der Waals surface area contributed by atoms with Gasteiger partial charge in [-0.25, -0.2) is 4.39 Å². The Kier molecular flexibility index (Phi) is 4.28. The predicted molar refractivity (Wildman–Crippen MR) is 71.2 cm³/mol. The summed E-state index contributed by atoms with van der Waals surface area (Å²) in [5, 5.41) is 3.01. The summed E-state index contributed by atoms with van der Waals surface area (Å²) in [4.78, 5) is 4.02. The van der Waals surface area contributed by atoms with Crippen molar-refractivity contribution in [1.29, 1.82) is 0 Å². The number of hydrogen-bond acceptors (Lipinski definition) is 3. The van der Waals surface area contributed by atoms with Crippen LogP contribution < -0.4 is 10.1 Å². The number of rotatable bonds is 4. The van der Waals surface area contributed by atoms with Crippen molar-refractivity contribution >= 4 is 15.9 Å². The largest absolute Gasteiger partial charge is 0.454 e. The Balaban J connectivity index is 2.30. The Morgan fingerprint density at radius 2 is 2.17 bits per heavy atom. The minimum Gasteiger partial charge on any atom is -0.454 e. The highest BCUT2D eigenvalue weighted by atomic mass is 79.9. The number of nitrogens with one attached hydrogen (secondary N) is 1. The molecule has 0 spiro atoms. The van der Waals surface area contributed by atoms with Crippen molar-refractivity contribution < 1.29 is 9.13 Å². The molecular formula is C13H12BrFN2O. The lowest BCUT2D eigenvalue weighted by atomic mass is 10.2. The monoisotopic (exact) mass is 310 g/mol. The van der Waals surface area contributed by atoms with E-state index in [2.05, 4.69) is 26.2 Å². The van der Waals surface area contributed by atoms with Gasteiger partial charge in [0.2, 0.25) is 0 Å². The summed E-state index contributed by atoms with van der Waals surface area (Å²) < 4.78 is 20.0. The highest BCUT2D eigenvalue weighted by molar-refractivity contribution is 9.10. The third kappa shape index (κ3) is 3.05. The number of pyridine rings is 1. The third-order valence-electron chi connectivity index (χ3n) is 2.34. The van der Waals surface area contributed by atoms with Crippen molar-refractivity contribution in [2.45, 2.75) is 6.54 Å². The van der Waals surface area contributed by atoms with Crippen LogP contribution in [0, 0.1) is 5.82 Å². The van der Waals surface area contributed by atoms with E-state index < -0.39 is 5.82 Å². The molecule has 0 aliphatic rings. The highest BCUT2D eigenvalue weighted by Gasteiger charge is 2.08. The molecule has 0 aliphatic carbocycles. The molecule has 3 nitrogen and oxygen atoms in total. The van der Waals surface area contributed by atoms with Crippen molar-refractivity contribution in [3.63, 3.8) is 0 Å². The van der Waals surface area contributed by atoms with Crippen LogP contribution >= 0.6 is 15.9 Å². The van der Waals surface area contributed by atoms with Crippen LogP contribution in [0.4, 0.5) is 4.39 Å². The molecule has 1 N–H and O–H groups in total. The summed E-state index contributed by atoms with van der Waals surface area (Å²) in [6.07, 6.45) is 3.31. The average Bonchev–Trinajstić information content (AvgIpc) is 2.36. The van der Waals surface area contributed by atoms with E-state index in [0.29, 0.717) is 12.3 Å². The van der Waals surface area contributed by atoms with Crippen LogP contribution in [0.25, 0.3) is 0 Å². The summed E-state index contributed by atoms with van der Waals surface area (Å²) in [7, 11) is 1.83. The van der Waals surface area contributed by atoms with Crippen molar-refractivity contribution in [3.8, 4) is 11.5 Å². The molecule has 0 fully saturated rings. The normalized spacial score (nSPS) is 10.4. The van der Waals surface area contributed by atoms with Gasteiger partial charge in [-0.1, -0.05) is 15.9 Å². The highest BCUT2D eigenvalue weighted by Crippen LogP contribution is 2.29. The molecule has 0 atom stereocenters. The first-order chi connectivity index (χ1) is 8.70. The number of aromatic nitrogens is 1. The Morgan fingerprint density at radius 3 is 2.94 bits per heavy atom. The fourth-order valence-corrected chi connectivity index (χ4v) is 1.85. The van der Waals surface area contributed by atoms with Crippen LogP contribution in [0.1, 0.15) is 5.56 Å². The smallest absolute Gasteiger partial charge is 0.165 e.